The van der Waals surface area contributed by atoms with Crippen LogP contribution >= 0.6 is 27.7 Å². The molecule has 0 radical (unpaired) electrons. The minimum atomic E-state index is -0.455. The Morgan fingerprint density at radius 3 is 2.88 bits per heavy atom. The van der Waals surface area contributed by atoms with Crippen molar-refractivity contribution >= 4 is 33.4 Å². The molecule has 2 aromatic rings. The molecule has 0 atom stereocenters. The molecule has 0 amide bonds. The molecule has 17 heavy (non-hydrogen) atoms. The Bertz CT molecular complexity index is 572. The van der Waals surface area contributed by atoms with Gasteiger partial charge in [-0.1, -0.05) is 0 Å². The first-order valence-electron chi connectivity index (χ1n) is 4.53. The highest BCUT2D eigenvalue weighted by molar-refractivity contribution is 9.10. The van der Waals surface area contributed by atoms with E-state index in [9.17, 15) is 10.1 Å². The van der Waals surface area contributed by atoms with Gasteiger partial charge in [0.1, 0.15) is 0 Å². The molecule has 0 aliphatic heterocycles. The molecule has 0 fully saturated rings. The lowest BCUT2D eigenvalue weighted by molar-refractivity contribution is -0.388. The van der Waals surface area contributed by atoms with E-state index in [0.29, 0.717) is 14.7 Å². The van der Waals surface area contributed by atoms with Crippen LogP contribution in [-0.2, 0) is 7.05 Å². The third-order valence-electron chi connectivity index (χ3n) is 1.96. The molecule has 2 rings (SSSR count). The molecule has 2 heterocycles. The second-order valence-corrected chi connectivity index (χ2v) is 5.03. The average Bonchev–Trinajstić information content (AvgIpc) is 2.67. The van der Waals surface area contributed by atoms with Gasteiger partial charge in [0.15, 0.2) is 10.2 Å². The zero-order chi connectivity index (χ0) is 12.4. The summed E-state index contributed by atoms with van der Waals surface area (Å²) in [6.07, 6.45) is 4.93. The highest BCUT2D eigenvalue weighted by atomic mass is 79.9. The van der Waals surface area contributed by atoms with Gasteiger partial charge in [0, 0.05) is 36.2 Å². The summed E-state index contributed by atoms with van der Waals surface area (Å²) in [5.74, 6) is 0. The van der Waals surface area contributed by atoms with E-state index in [4.69, 9.17) is 0 Å². The van der Waals surface area contributed by atoms with Gasteiger partial charge in [-0.15, -0.1) is 0 Å². The number of aromatic nitrogens is 3. The third-order valence-corrected chi connectivity index (χ3v) is 3.48. The van der Waals surface area contributed by atoms with Crippen LogP contribution in [0.25, 0.3) is 0 Å². The summed E-state index contributed by atoms with van der Waals surface area (Å²) < 4.78 is 2.35. The van der Waals surface area contributed by atoms with Crippen LogP contribution in [0.3, 0.4) is 0 Å². The van der Waals surface area contributed by atoms with Gasteiger partial charge in [-0.3, -0.25) is 10.1 Å². The fraction of sp³-hybridized carbons (Fsp3) is 0.111. The van der Waals surface area contributed by atoms with Gasteiger partial charge < -0.3 is 4.57 Å². The molecule has 0 saturated heterocycles. The van der Waals surface area contributed by atoms with Crippen LogP contribution in [-0.4, -0.2) is 19.5 Å². The first kappa shape index (κ1) is 12.1. The SMILES string of the molecule is Cn1ccnc1Sc1ncc(Br)cc1[N+](=O)[O-]. The Balaban J connectivity index is 2.39. The van der Waals surface area contributed by atoms with Crippen LogP contribution in [0, 0.1) is 10.1 Å². The van der Waals surface area contributed by atoms with Gasteiger partial charge in [0.25, 0.3) is 0 Å². The summed E-state index contributed by atoms with van der Waals surface area (Å²) in [6.45, 7) is 0. The van der Waals surface area contributed by atoms with E-state index in [1.807, 2.05) is 7.05 Å². The maximum absolute atomic E-state index is 10.9. The molecule has 0 aliphatic carbocycles. The summed E-state index contributed by atoms with van der Waals surface area (Å²) in [5.41, 5.74) is -0.0348. The van der Waals surface area contributed by atoms with Crippen LogP contribution in [0.1, 0.15) is 0 Å². The number of nitrogens with zero attached hydrogens (tertiary/aromatic N) is 4. The number of aryl methyl sites for hydroxylation is 1. The standard InChI is InChI=1S/C9H7BrN4O2S/c1-13-3-2-11-9(13)17-8-7(14(15)16)4-6(10)5-12-8/h2-5H,1H3. The van der Waals surface area contributed by atoms with Gasteiger partial charge in [-0.05, 0) is 27.7 Å². The van der Waals surface area contributed by atoms with Crippen LogP contribution < -0.4 is 0 Å². The number of rotatable bonds is 3. The topological polar surface area (TPSA) is 73.8 Å². The Morgan fingerprint density at radius 1 is 1.53 bits per heavy atom. The minimum absolute atomic E-state index is 0.0348. The number of imidazole rings is 1. The summed E-state index contributed by atoms with van der Waals surface area (Å²) in [6, 6.07) is 1.43. The predicted octanol–water partition coefficient (Wildman–Crippen LogP) is 2.64. The van der Waals surface area contributed by atoms with E-state index in [1.54, 1.807) is 17.0 Å². The van der Waals surface area contributed by atoms with Crippen molar-refractivity contribution in [3.63, 3.8) is 0 Å². The monoisotopic (exact) mass is 314 g/mol. The minimum Gasteiger partial charge on any atom is -0.329 e. The second-order valence-electron chi connectivity index (χ2n) is 3.16. The van der Waals surface area contributed by atoms with E-state index in [1.165, 1.54) is 12.3 Å². The number of hydrogen-bond acceptors (Lipinski definition) is 5. The molecule has 0 aromatic carbocycles. The lowest BCUT2D eigenvalue weighted by Gasteiger charge is -2.02. The van der Waals surface area contributed by atoms with Crippen LogP contribution in [0.2, 0.25) is 0 Å². The maximum Gasteiger partial charge on any atom is 0.302 e. The average molecular weight is 315 g/mol. The van der Waals surface area contributed by atoms with Crippen molar-refractivity contribution in [2.45, 2.75) is 10.2 Å². The lowest BCUT2D eigenvalue weighted by Crippen LogP contribution is -1.95. The van der Waals surface area contributed by atoms with Crippen molar-refractivity contribution < 1.29 is 4.92 Å². The molecule has 6 nitrogen and oxygen atoms in total. The Hall–Kier alpha value is -1.41. The third kappa shape index (κ3) is 2.64. The first-order valence-corrected chi connectivity index (χ1v) is 6.14. The largest absolute Gasteiger partial charge is 0.329 e. The summed E-state index contributed by atoms with van der Waals surface area (Å²) in [4.78, 5) is 18.6. The molecular formula is C9H7BrN4O2S. The molecule has 0 N–H and O–H groups in total. The van der Waals surface area contributed by atoms with Crippen LogP contribution in [0.15, 0.2) is 39.3 Å². The quantitative estimate of drug-likeness (QED) is 0.643. The number of halogens is 1. The van der Waals surface area contributed by atoms with Gasteiger partial charge >= 0.3 is 5.69 Å². The number of nitro groups is 1. The molecule has 88 valence electrons. The second kappa shape index (κ2) is 4.84. The number of hydrogen-bond donors (Lipinski definition) is 0. The number of pyridine rings is 1. The summed E-state index contributed by atoms with van der Waals surface area (Å²) in [5, 5.41) is 11.9. The fourth-order valence-electron chi connectivity index (χ4n) is 1.16. The molecule has 0 aliphatic rings. The molecule has 0 spiro atoms. The van der Waals surface area contributed by atoms with E-state index in [2.05, 4.69) is 25.9 Å². The first-order chi connectivity index (χ1) is 8.08. The molecule has 0 saturated carbocycles. The Kier molecular flexibility index (Phi) is 3.43. The zero-order valence-electron chi connectivity index (χ0n) is 8.70. The fourth-order valence-corrected chi connectivity index (χ4v) is 2.32. The van der Waals surface area contributed by atoms with Crippen molar-refractivity contribution in [2.75, 3.05) is 0 Å². The zero-order valence-corrected chi connectivity index (χ0v) is 11.1. The highest BCUT2D eigenvalue weighted by Gasteiger charge is 2.18. The van der Waals surface area contributed by atoms with Crippen molar-refractivity contribution in [3.8, 4) is 0 Å². The van der Waals surface area contributed by atoms with Crippen molar-refractivity contribution in [1.82, 2.24) is 14.5 Å². The highest BCUT2D eigenvalue weighted by Crippen LogP contribution is 2.33. The van der Waals surface area contributed by atoms with Crippen molar-refractivity contribution in [3.05, 3.63) is 39.2 Å². The maximum atomic E-state index is 10.9. The Morgan fingerprint density at radius 2 is 2.29 bits per heavy atom. The van der Waals surface area contributed by atoms with Crippen molar-refractivity contribution in [1.29, 1.82) is 0 Å². The Labute approximate surface area is 109 Å². The lowest BCUT2D eigenvalue weighted by atomic mass is 10.4. The predicted molar refractivity (Wildman–Crippen MR) is 65.9 cm³/mol. The van der Waals surface area contributed by atoms with Gasteiger partial charge in [-0.2, -0.15) is 0 Å². The van der Waals surface area contributed by atoms with E-state index in [-0.39, 0.29) is 5.69 Å². The van der Waals surface area contributed by atoms with Crippen LogP contribution in [0.4, 0.5) is 5.69 Å². The van der Waals surface area contributed by atoms with E-state index < -0.39 is 4.92 Å². The molecular weight excluding hydrogens is 308 g/mol. The van der Waals surface area contributed by atoms with Gasteiger partial charge in [0.2, 0.25) is 0 Å². The molecule has 0 unspecified atom stereocenters. The molecule has 0 bridgehead atoms. The van der Waals surface area contributed by atoms with Crippen LogP contribution in [0.5, 0.6) is 0 Å². The summed E-state index contributed by atoms with van der Waals surface area (Å²) >= 11 is 4.32. The van der Waals surface area contributed by atoms with Gasteiger partial charge in [0.05, 0.1) is 4.92 Å². The molecule has 2 aromatic heterocycles. The van der Waals surface area contributed by atoms with E-state index in [0.717, 1.165) is 11.8 Å². The van der Waals surface area contributed by atoms with Crippen molar-refractivity contribution in [2.24, 2.45) is 7.05 Å². The normalized spacial score (nSPS) is 10.5. The smallest absolute Gasteiger partial charge is 0.302 e. The molecule has 8 heteroatoms. The summed E-state index contributed by atoms with van der Waals surface area (Å²) in [7, 11) is 1.82. The van der Waals surface area contributed by atoms with E-state index >= 15 is 0 Å². The van der Waals surface area contributed by atoms with Gasteiger partial charge in [-0.25, -0.2) is 9.97 Å².